The van der Waals surface area contributed by atoms with Crippen molar-refractivity contribution in [1.29, 1.82) is 0 Å². The standard InChI is InChI=1S/C25H36FNO3Si/c1-10-29-24(28)22-21(18-11-13-19(26)14-12-18)20(17(4)27-23(22)16(2)3)15-30-31(8,9)25(5,6)7/h11-14,16H,10,15H2,1-9H3. The molecule has 0 atom stereocenters. The molecule has 6 heteroatoms. The number of hydrogen-bond acceptors (Lipinski definition) is 4. The summed E-state index contributed by atoms with van der Waals surface area (Å²) < 4.78 is 25.6. The largest absolute Gasteiger partial charge is 0.462 e. The molecule has 0 unspecified atom stereocenters. The third-order valence-electron chi connectivity index (χ3n) is 6.08. The number of hydrogen-bond donors (Lipinski definition) is 0. The van der Waals surface area contributed by atoms with Gasteiger partial charge in [-0.25, -0.2) is 9.18 Å². The Morgan fingerprint density at radius 1 is 1.16 bits per heavy atom. The van der Waals surface area contributed by atoms with Crippen LogP contribution in [0.4, 0.5) is 4.39 Å². The fraction of sp³-hybridized carbons (Fsp3) is 0.520. The molecule has 0 spiro atoms. The minimum absolute atomic E-state index is 0.0210. The molecule has 0 N–H and O–H groups in total. The molecule has 1 aromatic heterocycles. The van der Waals surface area contributed by atoms with E-state index in [0.717, 1.165) is 22.4 Å². The monoisotopic (exact) mass is 445 g/mol. The van der Waals surface area contributed by atoms with Crippen LogP contribution >= 0.6 is 0 Å². The van der Waals surface area contributed by atoms with Gasteiger partial charge in [0.2, 0.25) is 0 Å². The fourth-order valence-corrected chi connectivity index (χ4v) is 4.11. The van der Waals surface area contributed by atoms with Gasteiger partial charge in [0.25, 0.3) is 0 Å². The van der Waals surface area contributed by atoms with Gasteiger partial charge in [0.1, 0.15) is 5.82 Å². The zero-order chi connectivity index (χ0) is 23.6. The van der Waals surface area contributed by atoms with Crippen LogP contribution in [-0.4, -0.2) is 25.9 Å². The average Bonchev–Trinajstić information content (AvgIpc) is 2.66. The first-order valence-corrected chi connectivity index (χ1v) is 13.8. The molecule has 0 saturated carbocycles. The zero-order valence-corrected chi connectivity index (χ0v) is 21.4. The zero-order valence-electron chi connectivity index (χ0n) is 20.4. The van der Waals surface area contributed by atoms with Crippen molar-refractivity contribution >= 4 is 14.3 Å². The van der Waals surface area contributed by atoms with Gasteiger partial charge in [-0.05, 0) is 55.6 Å². The van der Waals surface area contributed by atoms with Crippen LogP contribution < -0.4 is 0 Å². The van der Waals surface area contributed by atoms with Crippen LogP contribution in [0.3, 0.4) is 0 Å². The molecule has 0 aliphatic carbocycles. The van der Waals surface area contributed by atoms with Gasteiger partial charge in [0, 0.05) is 16.8 Å². The lowest BCUT2D eigenvalue weighted by atomic mass is 9.89. The lowest BCUT2D eigenvalue weighted by molar-refractivity contribution is 0.0524. The second-order valence-electron chi connectivity index (χ2n) is 9.74. The molecule has 2 aromatic rings. The van der Waals surface area contributed by atoms with Crippen LogP contribution in [-0.2, 0) is 15.8 Å². The minimum atomic E-state index is -2.04. The van der Waals surface area contributed by atoms with Crippen LogP contribution in [0.15, 0.2) is 24.3 Å². The summed E-state index contributed by atoms with van der Waals surface area (Å²) in [6.07, 6.45) is 0. The smallest absolute Gasteiger partial charge is 0.340 e. The highest BCUT2D eigenvalue weighted by Gasteiger charge is 2.38. The second-order valence-corrected chi connectivity index (χ2v) is 14.6. The average molecular weight is 446 g/mol. The Hall–Kier alpha value is -2.05. The van der Waals surface area contributed by atoms with Crippen LogP contribution in [0.5, 0.6) is 0 Å². The molecule has 1 heterocycles. The van der Waals surface area contributed by atoms with Crippen LogP contribution in [0.1, 0.15) is 74.8 Å². The Labute approximate surface area is 187 Å². The van der Waals surface area contributed by atoms with Gasteiger partial charge in [-0.3, -0.25) is 4.98 Å². The maximum absolute atomic E-state index is 13.7. The number of aromatic nitrogens is 1. The quantitative estimate of drug-likeness (QED) is 0.339. The molecule has 0 aliphatic rings. The van der Waals surface area contributed by atoms with E-state index in [2.05, 4.69) is 33.9 Å². The molecule has 0 aliphatic heterocycles. The first-order valence-electron chi connectivity index (χ1n) is 10.9. The third kappa shape index (κ3) is 5.60. The molecule has 2 rings (SSSR count). The Bertz CT molecular complexity index is 931. The van der Waals surface area contributed by atoms with E-state index in [9.17, 15) is 9.18 Å². The Morgan fingerprint density at radius 3 is 2.23 bits per heavy atom. The van der Waals surface area contributed by atoms with Gasteiger partial charge in [-0.1, -0.05) is 46.8 Å². The lowest BCUT2D eigenvalue weighted by Gasteiger charge is -2.36. The summed E-state index contributed by atoms with van der Waals surface area (Å²) in [6, 6.07) is 6.22. The summed E-state index contributed by atoms with van der Waals surface area (Å²) in [4.78, 5) is 17.9. The topological polar surface area (TPSA) is 48.4 Å². The number of nitrogens with zero attached hydrogens (tertiary/aromatic N) is 1. The van der Waals surface area contributed by atoms with Crippen molar-refractivity contribution in [1.82, 2.24) is 4.98 Å². The lowest BCUT2D eigenvalue weighted by Crippen LogP contribution is -2.40. The predicted molar refractivity (Wildman–Crippen MR) is 126 cm³/mol. The maximum Gasteiger partial charge on any atom is 0.340 e. The summed E-state index contributed by atoms with van der Waals surface area (Å²) in [5.74, 6) is -0.713. The molecule has 170 valence electrons. The van der Waals surface area contributed by atoms with E-state index < -0.39 is 14.3 Å². The second kappa shape index (κ2) is 9.61. The maximum atomic E-state index is 13.7. The molecule has 0 fully saturated rings. The molecule has 31 heavy (non-hydrogen) atoms. The molecule has 1 aromatic carbocycles. The van der Waals surface area contributed by atoms with Gasteiger partial charge < -0.3 is 9.16 Å². The van der Waals surface area contributed by atoms with E-state index in [1.807, 2.05) is 20.8 Å². The number of benzene rings is 1. The molecule has 0 amide bonds. The highest BCUT2D eigenvalue weighted by atomic mass is 28.4. The SMILES string of the molecule is CCOC(=O)c1c(C(C)C)nc(C)c(CO[Si](C)(C)C(C)(C)C)c1-c1ccc(F)cc1. The van der Waals surface area contributed by atoms with E-state index in [0.29, 0.717) is 17.9 Å². The van der Waals surface area contributed by atoms with Gasteiger partial charge >= 0.3 is 5.97 Å². The summed E-state index contributed by atoms with van der Waals surface area (Å²) in [5, 5.41) is 0.0478. The van der Waals surface area contributed by atoms with Crippen molar-refractivity contribution in [2.45, 2.75) is 79.1 Å². The van der Waals surface area contributed by atoms with Gasteiger partial charge in [0.05, 0.1) is 24.5 Å². The van der Waals surface area contributed by atoms with E-state index in [-0.39, 0.29) is 23.4 Å². The summed E-state index contributed by atoms with van der Waals surface area (Å²) in [7, 11) is -2.04. The number of pyridine rings is 1. The number of esters is 1. The minimum Gasteiger partial charge on any atom is -0.462 e. The number of carbonyl (C=O) groups excluding carboxylic acids is 1. The van der Waals surface area contributed by atoms with Gasteiger partial charge in [-0.2, -0.15) is 0 Å². The van der Waals surface area contributed by atoms with Crippen molar-refractivity contribution < 1.29 is 18.3 Å². The van der Waals surface area contributed by atoms with Crippen molar-refractivity contribution in [2.24, 2.45) is 0 Å². The molecule has 0 saturated heterocycles. The summed E-state index contributed by atoms with van der Waals surface area (Å²) in [6.45, 7) is 19.3. The number of halogens is 1. The van der Waals surface area contributed by atoms with Crippen molar-refractivity contribution in [3.05, 3.63) is 52.6 Å². The van der Waals surface area contributed by atoms with Crippen LogP contribution in [0.25, 0.3) is 11.1 Å². The van der Waals surface area contributed by atoms with E-state index >= 15 is 0 Å². The normalized spacial score (nSPS) is 12.4. The first-order chi connectivity index (χ1) is 14.3. The number of aryl methyl sites for hydroxylation is 1. The predicted octanol–water partition coefficient (Wildman–Crippen LogP) is 7.02. The highest BCUT2D eigenvalue weighted by Crippen LogP contribution is 2.39. The molecule has 4 nitrogen and oxygen atoms in total. The van der Waals surface area contributed by atoms with E-state index in [4.69, 9.17) is 14.1 Å². The van der Waals surface area contributed by atoms with Crippen LogP contribution in [0, 0.1) is 12.7 Å². The fourth-order valence-electron chi connectivity index (χ4n) is 3.17. The summed E-state index contributed by atoms with van der Waals surface area (Å²) in [5.41, 5.74) is 4.28. The van der Waals surface area contributed by atoms with Gasteiger partial charge in [0.15, 0.2) is 8.32 Å². The molecule has 0 radical (unpaired) electrons. The molecular formula is C25H36FNO3Si. The van der Waals surface area contributed by atoms with Crippen molar-refractivity contribution in [3.63, 3.8) is 0 Å². The number of carbonyl (C=O) groups is 1. The number of rotatable bonds is 7. The number of ether oxygens (including phenoxy) is 1. The van der Waals surface area contributed by atoms with Crippen molar-refractivity contribution in [3.8, 4) is 11.1 Å². The van der Waals surface area contributed by atoms with Crippen molar-refractivity contribution in [2.75, 3.05) is 6.61 Å². The van der Waals surface area contributed by atoms with E-state index in [1.54, 1.807) is 19.1 Å². The third-order valence-corrected chi connectivity index (χ3v) is 10.6. The van der Waals surface area contributed by atoms with Crippen LogP contribution in [0.2, 0.25) is 18.1 Å². The highest BCUT2D eigenvalue weighted by molar-refractivity contribution is 6.74. The Morgan fingerprint density at radius 2 is 1.74 bits per heavy atom. The Balaban J connectivity index is 2.78. The molecular weight excluding hydrogens is 409 g/mol. The van der Waals surface area contributed by atoms with Gasteiger partial charge in [-0.15, -0.1) is 0 Å². The Kier molecular flexibility index (Phi) is 7.82. The first kappa shape index (κ1) is 25.2. The summed E-state index contributed by atoms with van der Waals surface area (Å²) >= 11 is 0. The molecule has 0 bridgehead atoms. The van der Waals surface area contributed by atoms with E-state index in [1.165, 1.54) is 12.1 Å².